The van der Waals surface area contributed by atoms with Gasteiger partial charge in [0.15, 0.2) is 5.78 Å². The van der Waals surface area contributed by atoms with Gasteiger partial charge in [-0.05, 0) is 13.0 Å². The third-order valence-corrected chi connectivity index (χ3v) is 4.92. The number of carboxylic acids is 2. The second-order valence-electron chi connectivity index (χ2n) is 7.83. The first-order chi connectivity index (χ1) is 15.2. The number of aliphatic hydroxyl groups is 4. The SMILES string of the molecule is CCCCCCCCCCCCCCNCC(=O)[C@@H](O)[C@@H](O)[C@H](O)CO.O=C(O)C(=O)O. The molecule has 0 aromatic rings. The molecule has 10 heteroatoms. The number of rotatable bonds is 19. The van der Waals surface area contributed by atoms with Crippen LogP contribution in [-0.2, 0) is 14.4 Å². The number of aliphatic carboxylic acids is 2. The molecular formula is C22H43NO9. The van der Waals surface area contributed by atoms with Gasteiger partial charge in [0.2, 0.25) is 0 Å². The predicted molar refractivity (Wildman–Crippen MR) is 119 cm³/mol. The molecule has 0 aromatic carbocycles. The summed E-state index contributed by atoms with van der Waals surface area (Å²) in [7, 11) is 0. The lowest BCUT2D eigenvalue weighted by Gasteiger charge is -2.20. The van der Waals surface area contributed by atoms with Crippen LogP contribution >= 0.6 is 0 Å². The molecule has 0 radical (unpaired) electrons. The van der Waals surface area contributed by atoms with E-state index in [0.29, 0.717) is 6.54 Å². The quantitative estimate of drug-likeness (QED) is 0.107. The number of aliphatic hydroxyl groups excluding tert-OH is 4. The molecule has 0 bridgehead atoms. The Morgan fingerprint density at radius 3 is 1.50 bits per heavy atom. The first-order valence-corrected chi connectivity index (χ1v) is 11.5. The monoisotopic (exact) mass is 465 g/mol. The van der Waals surface area contributed by atoms with Crippen molar-refractivity contribution in [3.63, 3.8) is 0 Å². The zero-order valence-corrected chi connectivity index (χ0v) is 19.2. The van der Waals surface area contributed by atoms with Gasteiger partial charge in [0, 0.05) is 0 Å². The van der Waals surface area contributed by atoms with E-state index in [1.165, 1.54) is 64.2 Å². The van der Waals surface area contributed by atoms with Crippen molar-refractivity contribution >= 4 is 17.7 Å². The molecule has 0 aliphatic rings. The van der Waals surface area contributed by atoms with E-state index in [1.54, 1.807) is 0 Å². The number of ketones is 1. The molecule has 7 N–H and O–H groups in total. The Balaban J connectivity index is 0. The molecule has 0 aliphatic heterocycles. The van der Waals surface area contributed by atoms with Crippen LogP contribution in [0, 0.1) is 0 Å². The van der Waals surface area contributed by atoms with Crippen LogP contribution in [0.4, 0.5) is 0 Å². The lowest BCUT2D eigenvalue weighted by molar-refractivity contribution is -0.159. The Morgan fingerprint density at radius 2 is 1.12 bits per heavy atom. The molecule has 0 unspecified atom stereocenters. The Labute approximate surface area is 190 Å². The summed E-state index contributed by atoms with van der Waals surface area (Å²) in [6.07, 6.45) is 10.5. The topological polar surface area (TPSA) is 185 Å². The van der Waals surface area contributed by atoms with Gasteiger partial charge in [-0.2, -0.15) is 0 Å². The Bertz CT molecular complexity index is 476. The van der Waals surface area contributed by atoms with Crippen LogP contribution in [0.5, 0.6) is 0 Å². The Hall–Kier alpha value is -1.59. The summed E-state index contributed by atoms with van der Waals surface area (Å²) >= 11 is 0. The highest BCUT2D eigenvalue weighted by molar-refractivity contribution is 6.27. The van der Waals surface area contributed by atoms with Gasteiger partial charge in [0.25, 0.3) is 0 Å². The number of carbonyl (C=O) groups is 3. The molecule has 0 fully saturated rings. The summed E-state index contributed by atoms with van der Waals surface area (Å²) in [6, 6.07) is 0. The number of Topliss-reactive ketones (excluding diaryl/α,β-unsaturated/α-hetero) is 1. The zero-order chi connectivity index (χ0) is 24.8. The third kappa shape index (κ3) is 20.3. The van der Waals surface area contributed by atoms with E-state index in [4.69, 9.17) is 24.9 Å². The van der Waals surface area contributed by atoms with Gasteiger partial charge in [-0.15, -0.1) is 0 Å². The molecule has 32 heavy (non-hydrogen) atoms. The molecule has 0 saturated carbocycles. The second kappa shape index (κ2) is 22.6. The maximum absolute atomic E-state index is 11.7. The Morgan fingerprint density at radius 1 is 0.719 bits per heavy atom. The highest BCUT2D eigenvalue weighted by atomic mass is 16.4. The van der Waals surface area contributed by atoms with E-state index < -0.39 is 42.6 Å². The number of carbonyl (C=O) groups excluding carboxylic acids is 1. The number of carboxylic acid groups (broad SMARTS) is 2. The summed E-state index contributed by atoms with van der Waals surface area (Å²) < 4.78 is 0. The molecule has 0 aromatic heterocycles. The van der Waals surface area contributed by atoms with Gasteiger partial charge in [0.05, 0.1) is 13.2 Å². The lowest BCUT2D eigenvalue weighted by atomic mass is 10.0. The van der Waals surface area contributed by atoms with Gasteiger partial charge in [-0.25, -0.2) is 9.59 Å². The minimum absolute atomic E-state index is 0.0472. The van der Waals surface area contributed by atoms with E-state index in [9.17, 15) is 20.1 Å². The van der Waals surface area contributed by atoms with Crippen molar-refractivity contribution in [2.24, 2.45) is 0 Å². The van der Waals surface area contributed by atoms with E-state index >= 15 is 0 Å². The van der Waals surface area contributed by atoms with E-state index in [2.05, 4.69) is 12.2 Å². The van der Waals surface area contributed by atoms with Crippen LogP contribution in [-0.4, -0.2) is 86.4 Å². The average Bonchev–Trinajstić information content (AvgIpc) is 2.77. The molecule has 3 atom stereocenters. The summed E-state index contributed by atoms with van der Waals surface area (Å²) in [6.45, 7) is 2.19. The molecule has 0 rings (SSSR count). The number of nitrogens with one attached hydrogen (secondary N) is 1. The molecule has 0 saturated heterocycles. The largest absolute Gasteiger partial charge is 0.473 e. The van der Waals surface area contributed by atoms with Crippen molar-refractivity contribution in [3.05, 3.63) is 0 Å². The van der Waals surface area contributed by atoms with Crippen LogP contribution in [0.25, 0.3) is 0 Å². The lowest BCUT2D eigenvalue weighted by Crippen LogP contribution is -2.46. The molecule has 0 heterocycles. The minimum Gasteiger partial charge on any atom is -0.473 e. The van der Waals surface area contributed by atoms with Crippen molar-refractivity contribution in [3.8, 4) is 0 Å². The van der Waals surface area contributed by atoms with Crippen molar-refractivity contribution in [1.29, 1.82) is 0 Å². The maximum atomic E-state index is 11.7. The number of hydrogen-bond acceptors (Lipinski definition) is 8. The van der Waals surface area contributed by atoms with E-state index in [0.717, 1.165) is 12.8 Å². The standard InChI is InChI=1S/C20H41NO5.C2H2O4/c1-2-3-4-5-6-7-8-9-10-11-12-13-14-21-15-17(23)19(25)20(26)18(24)16-22;3-1(4)2(5)6/h18-22,24-26H,2-16H2,1H3;(H,3,4)(H,5,6)/t18-,19-,20+;/m1./s1. The first-order valence-electron chi connectivity index (χ1n) is 11.5. The average molecular weight is 466 g/mol. The Kier molecular flexibility index (Phi) is 23.0. The number of unbranched alkanes of at least 4 members (excludes halogenated alkanes) is 11. The molecule has 0 spiro atoms. The van der Waals surface area contributed by atoms with Gasteiger partial charge in [-0.3, -0.25) is 4.79 Å². The van der Waals surface area contributed by atoms with Crippen molar-refractivity contribution in [2.45, 2.75) is 102 Å². The molecule has 190 valence electrons. The van der Waals surface area contributed by atoms with E-state index in [-0.39, 0.29) is 6.54 Å². The summed E-state index contributed by atoms with van der Waals surface area (Å²) in [4.78, 5) is 29.9. The van der Waals surface area contributed by atoms with Crippen LogP contribution in [0.3, 0.4) is 0 Å². The van der Waals surface area contributed by atoms with Gasteiger partial charge in [0.1, 0.15) is 18.3 Å². The van der Waals surface area contributed by atoms with E-state index in [1.807, 2.05) is 0 Å². The van der Waals surface area contributed by atoms with Crippen LogP contribution < -0.4 is 5.32 Å². The normalized spacial score (nSPS) is 13.5. The second-order valence-corrected chi connectivity index (χ2v) is 7.83. The summed E-state index contributed by atoms with van der Waals surface area (Å²) in [5.74, 6) is -4.23. The van der Waals surface area contributed by atoms with Crippen molar-refractivity contribution in [1.82, 2.24) is 5.32 Å². The zero-order valence-electron chi connectivity index (χ0n) is 19.2. The van der Waals surface area contributed by atoms with Crippen LogP contribution in [0.2, 0.25) is 0 Å². The highest BCUT2D eigenvalue weighted by Crippen LogP contribution is 2.11. The maximum Gasteiger partial charge on any atom is 0.414 e. The predicted octanol–water partition coefficient (Wildman–Crippen LogP) is 1.08. The highest BCUT2D eigenvalue weighted by Gasteiger charge is 2.29. The third-order valence-electron chi connectivity index (χ3n) is 4.92. The molecule has 0 amide bonds. The van der Waals surface area contributed by atoms with Gasteiger partial charge < -0.3 is 36.0 Å². The van der Waals surface area contributed by atoms with Gasteiger partial charge >= 0.3 is 11.9 Å². The number of hydrogen-bond donors (Lipinski definition) is 7. The van der Waals surface area contributed by atoms with Crippen molar-refractivity contribution in [2.75, 3.05) is 19.7 Å². The summed E-state index contributed by atoms with van der Waals surface area (Å²) in [5, 5.41) is 54.7. The summed E-state index contributed by atoms with van der Waals surface area (Å²) in [5.41, 5.74) is 0. The molecule has 0 aliphatic carbocycles. The van der Waals surface area contributed by atoms with Crippen LogP contribution in [0.1, 0.15) is 84.0 Å². The van der Waals surface area contributed by atoms with Crippen LogP contribution in [0.15, 0.2) is 0 Å². The molecular weight excluding hydrogens is 422 g/mol. The fourth-order valence-electron chi connectivity index (χ4n) is 2.92. The smallest absolute Gasteiger partial charge is 0.414 e. The minimum atomic E-state index is -1.82. The molecule has 10 nitrogen and oxygen atoms in total. The first kappa shape index (κ1) is 32.6. The van der Waals surface area contributed by atoms with Crippen molar-refractivity contribution < 1.29 is 45.0 Å². The fourth-order valence-corrected chi connectivity index (χ4v) is 2.92. The fraction of sp³-hybridized carbons (Fsp3) is 0.864. The van der Waals surface area contributed by atoms with Gasteiger partial charge in [-0.1, -0.05) is 77.6 Å².